The van der Waals surface area contributed by atoms with Gasteiger partial charge in [-0.05, 0) is 24.6 Å². The summed E-state index contributed by atoms with van der Waals surface area (Å²) in [6, 6.07) is 6.02. The van der Waals surface area contributed by atoms with Gasteiger partial charge in [0.15, 0.2) is 0 Å². The number of benzene rings is 1. The first-order valence-electron chi connectivity index (χ1n) is 7.82. The highest BCUT2D eigenvalue weighted by molar-refractivity contribution is 5.89. The van der Waals surface area contributed by atoms with Crippen molar-refractivity contribution < 1.29 is 9.47 Å². The Balaban J connectivity index is 0.000000745. The zero-order chi connectivity index (χ0) is 16.9. The molecule has 2 aromatic rings. The van der Waals surface area contributed by atoms with E-state index < -0.39 is 0 Å². The number of rotatable bonds is 2. The summed E-state index contributed by atoms with van der Waals surface area (Å²) in [5.74, 6) is 1.54. The third-order valence-corrected chi connectivity index (χ3v) is 3.28. The lowest BCUT2D eigenvalue weighted by Gasteiger charge is -2.20. The molecule has 1 aromatic heterocycles. The van der Waals surface area contributed by atoms with E-state index in [9.17, 15) is 0 Å². The topological polar surface area (TPSA) is 31.4 Å². The Hall–Kier alpha value is -1.77. The largest absolute Gasteiger partial charge is 0.497 e. The summed E-state index contributed by atoms with van der Waals surface area (Å²) in [5.41, 5.74) is 3.17. The molecular weight excluding hydrogens is 274 g/mol. The van der Waals surface area contributed by atoms with Crippen LogP contribution < -0.4 is 9.47 Å². The Morgan fingerprint density at radius 2 is 1.59 bits per heavy atom. The molecule has 0 spiro atoms. The van der Waals surface area contributed by atoms with E-state index >= 15 is 0 Å². The molecule has 2 rings (SSSR count). The Morgan fingerprint density at radius 3 is 2.05 bits per heavy atom. The van der Waals surface area contributed by atoms with E-state index in [4.69, 9.17) is 14.5 Å². The highest BCUT2D eigenvalue weighted by Crippen LogP contribution is 2.34. The van der Waals surface area contributed by atoms with Gasteiger partial charge in [-0.2, -0.15) is 0 Å². The number of hydrogen-bond donors (Lipinski definition) is 0. The third kappa shape index (κ3) is 4.12. The molecule has 0 unspecified atom stereocenters. The highest BCUT2D eigenvalue weighted by atomic mass is 16.5. The van der Waals surface area contributed by atoms with Gasteiger partial charge >= 0.3 is 0 Å². The van der Waals surface area contributed by atoms with E-state index in [2.05, 4.69) is 47.6 Å². The van der Waals surface area contributed by atoms with Gasteiger partial charge in [0.25, 0.3) is 0 Å². The maximum absolute atomic E-state index is 5.45. The van der Waals surface area contributed by atoms with Crippen molar-refractivity contribution in [3.63, 3.8) is 0 Å². The molecule has 0 aliphatic carbocycles. The minimum absolute atomic E-state index is 0.0177. The number of aromatic nitrogens is 1. The third-order valence-electron chi connectivity index (χ3n) is 3.28. The Kier molecular flexibility index (Phi) is 6.21. The minimum Gasteiger partial charge on any atom is -0.497 e. The molecule has 0 N–H and O–H groups in total. The maximum atomic E-state index is 5.45. The van der Waals surface area contributed by atoms with Gasteiger partial charge in [-0.3, -0.25) is 0 Å². The molecule has 3 nitrogen and oxygen atoms in total. The lowest BCUT2D eigenvalue weighted by molar-refractivity contribution is 0.397. The van der Waals surface area contributed by atoms with E-state index in [1.807, 2.05) is 12.1 Å². The van der Waals surface area contributed by atoms with Crippen LogP contribution >= 0.6 is 0 Å². The molecule has 0 saturated heterocycles. The summed E-state index contributed by atoms with van der Waals surface area (Å²) in [7, 11) is 3.32. The van der Waals surface area contributed by atoms with Crippen molar-refractivity contribution in [3.8, 4) is 11.5 Å². The summed E-state index contributed by atoms with van der Waals surface area (Å²) in [5, 5.41) is 1.07. The van der Waals surface area contributed by atoms with Crippen LogP contribution in [0.1, 0.15) is 52.3 Å². The van der Waals surface area contributed by atoms with Crippen molar-refractivity contribution in [2.24, 2.45) is 0 Å². The summed E-state index contributed by atoms with van der Waals surface area (Å²) in [6.07, 6.45) is 1.25. The number of nitrogens with zero attached hydrogens (tertiary/aromatic N) is 1. The van der Waals surface area contributed by atoms with Gasteiger partial charge in [0.05, 0.1) is 14.2 Å². The van der Waals surface area contributed by atoms with Crippen LogP contribution in [0.15, 0.2) is 18.2 Å². The molecule has 0 saturated carbocycles. The van der Waals surface area contributed by atoms with Gasteiger partial charge in [-0.25, -0.2) is 4.98 Å². The number of pyridine rings is 1. The maximum Gasteiger partial charge on any atom is 0.148 e. The Bertz CT molecular complexity index is 627. The average molecular weight is 303 g/mol. The fraction of sp³-hybridized carbons (Fsp3) is 0.526. The predicted molar refractivity (Wildman–Crippen MR) is 94.2 cm³/mol. The second-order valence-corrected chi connectivity index (χ2v) is 6.51. The van der Waals surface area contributed by atoms with Crippen LogP contribution in [0.3, 0.4) is 0 Å². The van der Waals surface area contributed by atoms with Gasteiger partial charge in [0, 0.05) is 22.6 Å². The smallest absolute Gasteiger partial charge is 0.148 e. The van der Waals surface area contributed by atoms with Crippen LogP contribution in [0.2, 0.25) is 0 Å². The van der Waals surface area contributed by atoms with Gasteiger partial charge in [-0.15, -0.1) is 0 Å². The van der Waals surface area contributed by atoms with Crippen LogP contribution in [0.4, 0.5) is 0 Å². The molecule has 0 atom stereocenters. The van der Waals surface area contributed by atoms with E-state index in [1.54, 1.807) is 14.2 Å². The molecule has 0 amide bonds. The zero-order valence-corrected chi connectivity index (χ0v) is 15.2. The summed E-state index contributed by atoms with van der Waals surface area (Å²) >= 11 is 0. The molecule has 1 aromatic carbocycles. The number of fused-ring (bicyclic) bond motifs is 1. The molecule has 0 bridgehead atoms. The van der Waals surface area contributed by atoms with Crippen LogP contribution in [0.5, 0.6) is 11.5 Å². The number of aryl methyl sites for hydroxylation is 1. The van der Waals surface area contributed by atoms with Crippen molar-refractivity contribution in [1.29, 1.82) is 0 Å². The van der Waals surface area contributed by atoms with Crippen molar-refractivity contribution in [3.05, 3.63) is 29.5 Å². The first-order valence-corrected chi connectivity index (χ1v) is 7.82. The molecule has 0 radical (unpaired) electrons. The fourth-order valence-corrected chi connectivity index (χ4v) is 2.09. The van der Waals surface area contributed by atoms with E-state index in [1.165, 1.54) is 12.0 Å². The van der Waals surface area contributed by atoms with Crippen molar-refractivity contribution in [1.82, 2.24) is 4.98 Å². The number of hydrogen-bond acceptors (Lipinski definition) is 3. The van der Waals surface area contributed by atoms with E-state index in [0.29, 0.717) is 0 Å². The van der Waals surface area contributed by atoms with Crippen LogP contribution in [-0.4, -0.2) is 19.2 Å². The second-order valence-electron chi connectivity index (χ2n) is 6.51. The Morgan fingerprint density at radius 1 is 1.00 bits per heavy atom. The number of methoxy groups -OCH3 is 2. The molecular formula is C19H29NO2. The van der Waals surface area contributed by atoms with Gasteiger partial charge < -0.3 is 9.47 Å². The van der Waals surface area contributed by atoms with Gasteiger partial charge in [0.2, 0.25) is 0 Å². The van der Waals surface area contributed by atoms with Crippen molar-refractivity contribution >= 4 is 10.9 Å². The molecule has 0 aliphatic heterocycles. The predicted octanol–water partition coefficient (Wildman–Crippen LogP) is 5.27. The molecule has 22 heavy (non-hydrogen) atoms. The van der Waals surface area contributed by atoms with Crippen LogP contribution in [-0.2, 0) is 5.41 Å². The Labute approximate surface area is 134 Å². The quantitative estimate of drug-likeness (QED) is 0.757. The molecule has 3 heteroatoms. The average Bonchev–Trinajstić information content (AvgIpc) is 2.46. The lowest BCUT2D eigenvalue weighted by Crippen LogP contribution is -2.14. The van der Waals surface area contributed by atoms with E-state index in [-0.39, 0.29) is 5.41 Å². The normalized spacial score (nSPS) is 10.9. The SMILES string of the molecule is CCC.COc1cc(OC)c2nc(C(C)(C)C)cc(C)c2c1. The van der Waals surface area contributed by atoms with Gasteiger partial charge in [-0.1, -0.05) is 41.0 Å². The lowest BCUT2D eigenvalue weighted by atomic mass is 9.90. The summed E-state index contributed by atoms with van der Waals surface area (Å²) in [4.78, 5) is 4.77. The van der Waals surface area contributed by atoms with Crippen molar-refractivity contribution in [2.45, 2.75) is 53.4 Å². The zero-order valence-electron chi connectivity index (χ0n) is 15.2. The summed E-state index contributed by atoms with van der Waals surface area (Å²) in [6.45, 7) is 12.8. The summed E-state index contributed by atoms with van der Waals surface area (Å²) < 4.78 is 10.8. The highest BCUT2D eigenvalue weighted by Gasteiger charge is 2.18. The molecule has 122 valence electrons. The molecule has 1 heterocycles. The molecule has 0 fully saturated rings. The standard InChI is InChI=1S/C16H21NO2.C3H8/c1-10-7-14(16(2,3)4)17-15-12(10)8-11(18-5)9-13(15)19-6;1-3-2/h7-9H,1-6H3;3H2,1-2H3. The molecule has 0 aliphatic rings. The number of ether oxygens (including phenoxy) is 2. The van der Waals surface area contributed by atoms with Crippen LogP contribution in [0.25, 0.3) is 10.9 Å². The van der Waals surface area contributed by atoms with E-state index in [0.717, 1.165) is 28.1 Å². The first-order chi connectivity index (χ1) is 10.3. The first kappa shape index (κ1) is 18.3. The van der Waals surface area contributed by atoms with Crippen LogP contribution in [0, 0.1) is 6.92 Å². The van der Waals surface area contributed by atoms with Gasteiger partial charge in [0.1, 0.15) is 17.0 Å². The minimum atomic E-state index is 0.0177. The van der Waals surface area contributed by atoms with Crippen molar-refractivity contribution in [2.75, 3.05) is 14.2 Å². The second kappa shape index (κ2) is 7.48. The fourth-order valence-electron chi connectivity index (χ4n) is 2.09. The monoisotopic (exact) mass is 303 g/mol.